The number of fused-ring (bicyclic) bond motifs is 2. The van der Waals surface area contributed by atoms with Gasteiger partial charge >= 0.3 is 0 Å². The molecule has 26 heavy (non-hydrogen) atoms. The Morgan fingerprint density at radius 3 is 2.65 bits per heavy atom. The van der Waals surface area contributed by atoms with Crippen LogP contribution in [0.15, 0.2) is 30.5 Å². The monoisotopic (exact) mass is 396 g/mol. The Morgan fingerprint density at radius 2 is 1.92 bits per heavy atom. The van der Waals surface area contributed by atoms with Gasteiger partial charge < -0.3 is 14.8 Å². The summed E-state index contributed by atoms with van der Waals surface area (Å²) < 4.78 is 2.06. The maximum Gasteiger partial charge on any atom is 0.255 e. The van der Waals surface area contributed by atoms with E-state index >= 15 is 0 Å². The average Bonchev–Trinajstić information content (AvgIpc) is 3.06. The molecule has 1 amide bonds. The van der Waals surface area contributed by atoms with Gasteiger partial charge in [-0.05, 0) is 51.3 Å². The fourth-order valence-corrected chi connectivity index (χ4v) is 4.12. The smallest absolute Gasteiger partial charge is 0.255 e. The number of nitrogens with zero attached hydrogens (tertiary/aromatic N) is 3. The topological polar surface area (TPSA) is 50.2 Å². The molecule has 142 valence electrons. The van der Waals surface area contributed by atoms with Crippen molar-refractivity contribution in [2.24, 2.45) is 0 Å². The minimum atomic E-state index is 0. The van der Waals surface area contributed by atoms with Gasteiger partial charge in [0.15, 0.2) is 0 Å². The van der Waals surface area contributed by atoms with Gasteiger partial charge in [-0.2, -0.15) is 0 Å². The van der Waals surface area contributed by atoms with Crippen molar-refractivity contribution in [3.63, 3.8) is 0 Å². The highest BCUT2D eigenvalue weighted by molar-refractivity contribution is 5.96. The first-order valence-electron chi connectivity index (χ1n) is 8.79. The first kappa shape index (κ1) is 20.7. The molecule has 2 aliphatic heterocycles. The van der Waals surface area contributed by atoms with Crippen LogP contribution in [0.2, 0.25) is 0 Å². The van der Waals surface area contributed by atoms with Gasteiger partial charge in [-0.1, -0.05) is 6.07 Å². The van der Waals surface area contributed by atoms with Crippen LogP contribution in [-0.4, -0.2) is 45.5 Å². The summed E-state index contributed by atoms with van der Waals surface area (Å²) in [6.45, 7) is 5.71. The largest absolute Gasteiger partial charge is 0.337 e. The van der Waals surface area contributed by atoms with Crippen molar-refractivity contribution in [2.45, 2.75) is 45.2 Å². The molecule has 0 spiro atoms. The minimum Gasteiger partial charge on any atom is -0.337 e. The Labute approximate surface area is 167 Å². The van der Waals surface area contributed by atoms with E-state index in [0.29, 0.717) is 12.1 Å². The molecule has 2 aliphatic rings. The van der Waals surface area contributed by atoms with Crippen LogP contribution in [-0.2, 0) is 0 Å². The third kappa shape index (κ3) is 3.75. The van der Waals surface area contributed by atoms with Crippen molar-refractivity contribution in [1.29, 1.82) is 0 Å². The lowest BCUT2D eigenvalue weighted by Gasteiger charge is -2.24. The Hall–Kier alpha value is -1.56. The van der Waals surface area contributed by atoms with Gasteiger partial charge in [0, 0.05) is 42.8 Å². The van der Waals surface area contributed by atoms with E-state index < -0.39 is 0 Å². The van der Waals surface area contributed by atoms with Crippen LogP contribution in [0.4, 0.5) is 0 Å². The molecule has 4 heterocycles. The second-order valence-corrected chi connectivity index (χ2v) is 6.99. The summed E-state index contributed by atoms with van der Waals surface area (Å²) in [6, 6.07) is 8.91. The lowest BCUT2D eigenvalue weighted by Crippen LogP contribution is -2.39. The van der Waals surface area contributed by atoms with Crippen LogP contribution in [0.5, 0.6) is 0 Å². The summed E-state index contributed by atoms with van der Waals surface area (Å²) in [7, 11) is 0. The Kier molecular flexibility index (Phi) is 6.72. The van der Waals surface area contributed by atoms with E-state index in [1.54, 1.807) is 6.20 Å². The first-order chi connectivity index (χ1) is 11.6. The van der Waals surface area contributed by atoms with Gasteiger partial charge in [0.25, 0.3) is 5.91 Å². The SMILES string of the molecule is Cc1cc(C(=O)N2CCC3CCC(C2)N3)c(C)n1-c1ccccn1.Cl.Cl. The van der Waals surface area contributed by atoms with Crippen LogP contribution in [0, 0.1) is 13.8 Å². The fraction of sp³-hybridized carbons (Fsp3) is 0.474. The van der Waals surface area contributed by atoms with E-state index in [9.17, 15) is 4.79 Å². The molecule has 5 nitrogen and oxygen atoms in total. The van der Waals surface area contributed by atoms with Crippen LogP contribution < -0.4 is 5.32 Å². The zero-order valence-electron chi connectivity index (χ0n) is 15.1. The van der Waals surface area contributed by atoms with Gasteiger partial charge in [-0.25, -0.2) is 4.98 Å². The number of hydrogen-bond acceptors (Lipinski definition) is 3. The molecule has 2 aromatic rings. The van der Waals surface area contributed by atoms with Gasteiger partial charge in [-0.3, -0.25) is 4.79 Å². The second kappa shape index (κ2) is 8.42. The number of halogens is 2. The Morgan fingerprint density at radius 1 is 1.15 bits per heavy atom. The molecule has 0 aliphatic carbocycles. The number of carbonyl (C=O) groups is 1. The molecular weight excluding hydrogens is 371 g/mol. The van der Waals surface area contributed by atoms with Crippen LogP contribution in [0.25, 0.3) is 5.82 Å². The van der Waals surface area contributed by atoms with Gasteiger partial charge in [0.1, 0.15) is 5.82 Å². The standard InChI is InChI=1S/C19H24N4O.2ClH/c1-13-11-17(14(2)23(13)18-5-3-4-9-20-18)19(24)22-10-8-15-6-7-16(12-22)21-15;;/h3-5,9,11,15-16,21H,6-8,10,12H2,1-2H3;2*1H. The predicted molar refractivity (Wildman–Crippen MR) is 108 cm³/mol. The summed E-state index contributed by atoms with van der Waals surface area (Å²) in [4.78, 5) is 19.6. The number of aromatic nitrogens is 2. The number of pyridine rings is 1. The van der Waals surface area contributed by atoms with Crippen molar-refractivity contribution < 1.29 is 4.79 Å². The van der Waals surface area contributed by atoms with E-state index in [1.807, 2.05) is 43.0 Å². The van der Waals surface area contributed by atoms with Crippen molar-refractivity contribution in [2.75, 3.05) is 13.1 Å². The van der Waals surface area contributed by atoms with Crippen LogP contribution in [0.3, 0.4) is 0 Å². The van der Waals surface area contributed by atoms with Crippen molar-refractivity contribution in [3.8, 4) is 5.82 Å². The highest BCUT2D eigenvalue weighted by Crippen LogP contribution is 2.24. The fourth-order valence-electron chi connectivity index (χ4n) is 4.12. The van der Waals surface area contributed by atoms with E-state index in [1.165, 1.54) is 12.8 Å². The lowest BCUT2D eigenvalue weighted by molar-refractivity contribution is 0.0747. The van der Waals surface area contributed by atoms with E-state index in [2.05, 4.69) is 14.9 Å². The molecule has 2 bridgehead atoms. The molecule has 7 heteroatoms. The van der Waals surface area contributed by atoms with Gasteiger partial charge in [-0.15, -0.1) is 24.8 Å². The number of carbonyl (C=O) groups excluding carboxylic acids is 1. The van der Waals surface area contributed by atoms with Gasteiger partial charge in [0.05, 0.1) is 5.56 Å². The third-order valence-electron chi connectivity index (χ3n) is 5.35. The van der Waals surface area contributed by atoms with Crippen molar-refractivity contribution in [3.05, 3.63) is 47.4 Å². The molecule has 1 N–H and O–H groups in total. The summed E-state index contributed by atoms with van der Waals surface area (Å²) in [5.74, 6) is 1.02. The Balaban J connectivity index is 0.00000121. The maximum atomic E-state index is 13.1. The highest BCUT2D eigenvalue weighted by Gasteiger charge is 2.32. The van der Waals surface area contributed by atoms with E-state index in [0.717, 1.165) is 42.3 Å². The van der Waals surface area contributed by atoms with Crippen molar-refractivity contribution in [1.82, 2.24) is 19.8 Å². The number of nitrogens with one attached hydrogen (secondary N) is 1. The normalized spacial score (nSPS) is 21.5. The van der Waals surface area contributed by atoms with E-state index in [4.69, 9.17) is 0 Å². The Bertz CT molecular complexity index is 762. The maximum absolute atomic E-state index is 13.1. The summed E-state index contributed by atoms with van der Waals surface area (Å²) in [5, 5.41) is 3.64. The summed E-state index contributed by atoms with van der Waals surface area (Å²) >= 11 is 0. The first-order valence-corrected chi connectivity index (χ1v) is 8.79. The number of rotatable bonds is 2. The van der Waals surface area contributed by atoms with Crippen LogP contribution >= 0.6 is 24.8 Å². The highest BCUT2D eigenvalue weighted by atomic mass is 35.5. The molecule has 0 saturated carbocycles. The summed E-state index contributed by atoms with van der Waals surface area (Å²) in [6.07, 6.45) is 5.27. The molecule has 0 radical (unpaired) electrons. The number of aryl methyl sites for hydroxylation is 1. The quantitative estimate of drug-likeness (QED) is 0.846. The minimum absolute atomic E-state index is 0. The molecule has 0 aromatic carbocycles. The zero-order valence-corrected chi connectivity index (χ0v) is 16.8. The zero-order chi connectivity index (χ0) is 16.7. The third-order valence-corrected chi connectivity index (χ3v) is 5.35. The number of hydrogen-bond donors (Lipinski definition) is 1. The molecule has 4 rings (SSSR count). The number of amides is 1. The molecular formula is C19H26Cl2N4O. The van der Waals surface area contributed by atoms with Crippen molar-refractivity contribution >= 4 is 30.7 Å². The summed E-state index contributed by atoms with van der Waals surface area (Å²) in [5.41, 5.74) is 2.82. The number of likely N-dealkylation sites (tertiary alicyclic amines) is 1. The molecule has 2 atom stereocenters. The molecule has 2 unspecified atom stereocenters. The average molecular weight is 397 g/mol. The molecule has 2 saturated heterocycles. The van der Waals surface area contributed by atoms with Gasteiger partial charge in [0.2, 0.25) is 0 Å². The second-order valence-electron chi connectivity index (χ2n) is 6.99. The molecule has 2 aromatic heterocycles. The van der Waals surface area contributed by atoms with Crippen LogP contribution in [0.1, 0.15) is 41.0 Å². The predicted octanol–water partition coefficient (Wildman–Crippen LogP) is 3.30. The lowest BCUT2D eigenvalue weighted by atomic mass is 10.1. The van der Waals surface area contributed by atoms with E-state index in [-0.39, 0.29) is 30.7 Å². The molecule has 2 fully saturated rings.